The van der Waals surface area contributed by atoms with Crippen molar-refractivity contribution in [1.29, 1.82) is 0 Å². The maximum atomic E-state index is 10.4. The maximum Gasteiger partial charge on any atom is 0.320 e. The molecule has 0 aliphatic carbocycles. The molecule has 0 aromatic rings. The van der Waals surface area contributed by atoms with E-state index in [9.17, 15) is 18.8 Å². The Hall–Kier alpha value is -2.11. The van der Waals surface area contributed by atoms with Gasteiger partial charge in [-0.2, -0.15) is 4.39 Å². The second-order valence-electron chi connectivity index (χ2n) is 8.19. The average Bonchev–Trinajstić information content (AvgIpc) is 2.53. The van der Waals surface area contributed by atoms with Crippen LogP contribution in [0.25, 0.3) is 0 Å². The minimum Gasteiger partial charge on any atom is -0.480 e. The number of rotatable bonds is 9. The zero-order valence-electron chi connectivity index (χ0n) is 19.7. The van der Waals surface area contributed by atoms with Crippen LogP contribution in [0.4, 0.5) is 4.39 Å². The quantitative estimate of drug-likeness (QED) is 0.278. The van der Waals surface area contributed by atoms with E-state index >= 15 is 0 Å². The Labute approximate surface area is 184 Å². The molecule has 0 bridgehead atoms. The van der Waals surface area contributed by atoms with Crippen molar-refractivity contribution < 1.29 is 38.9 Å². The molecule has 0 fully saturated rings. The predicted octanol–water partition coefficient (Wildman–Crippen LogP) is 1.84. The first-order valence-electron chi connectivity index (χ1n) is 9.96. The van der Waals surface area contributed by atoms with Crippen molar-refractivity contribution in [2.75, 3.05) is 0 Å². The van der Waals surface area contributed by atoms with Gasteiger partial charge >= 0.3 is 17.9 Å². The van der Waals surface area contributed by atoms with E-state index in [2.05, 4.69) is 0 Å². The third-order valence-electron chi connectivity index (χ3n) is 3.13. The fourth-order valence-electron chi connectivity index (χ4n) is 1.83. The van der Waals surface area contributed by atoms with Crippen LogP contribution in [0.3, 0.4) is 0 Å². The molecule has 10 nitrogen and oxygen atoms in total. The lowest BCUT2D eigenvalue weighted by Crippen LogP contribution is -2.31. The lowest BCUT2D eigenvalue weighted by atomic mass is 10.1. The molecule has 0 radical (unpaired) electrons. The minimum atomic E-state index is -1.33. The lowest BCUT2D eigenvalue weighted by molar-refractivity contribution is -0.139. The average molecular weight is 456 g/mol. The molecule has 9 N–H and O–H groups in total. The molecule has 0 rings (SSSR count). The minimum absolute atomic E-state index is 0.357. The number of aliphatic carboxylic acids is 3. The summed E-state index contributed by atoms with van der Waals surface area (Å²) in [6, 6.07) is -3.40. The largest absolute Gasteiger partial charge is 0.480 e. The zero-order valence-corrected chi connectivity index (χ0v) is 19.7. The van der Waals surface area contributed by atoms with E-state index in [0.29, 0.717) is 37.0 Å². The molecule has 11 heteroatoms. The summed E-state index contributed by atoms with van der Waals surface area (Å²) in [5.41, 5.74) is 15.7. The van der Waals surface area contributed by atoms with Crippen LogP contribution in [0.2, 0.25) is 0 Å². The molecule has 0 aromatic heterocycles. The van der Waals surface area contributed by atoms with Gasteiger partial charge in [0.25, 0.3) is 6.04 Å². The topological polar surface area (TPSA) is 207 Å². The van der Waals surface area contributed by atoms with Gasteiger partial charge in [-0.05, 0) is 37.0 Å². The van der Waals surface area contributed by atoms with Crippen molar-refractivity contribution in [3.05, 3.63) is 0 Å². The molecule has 31 heavy (non-hydrogen) atoms. The molecular weight excluding hydrogens is 413 g/mol. The summed E-state index contributed by atoms with van der Waals surface area (Å²) in [5, 5.41) is 24.9. The van der Waals surface area contributed by atoms with Crippen LogP contribution in [0.1, 0.15) is 67.7 Å². The summed E-state index contributed by atoms with van der Waals surface area (Å²) in [6.07, 6.45) is 1.65. The highest BCUT2D eigenvalue weighted by Crippen LogP contribution is 2.02. The number of hydrogen-bond donors (Lipinski definition) is 6. The van der Waals surface area contributed by atoms with Crippen LogP contribution in [-0.4, -0.2) is 57.4 Å². The number of hydrogen-bond acceptors (Lipinski definition) is 7. The van der Waals surface area contributed by atoms with Gasteiger partial charge in [-0.3, -0.25) is 19.2 Å². The van der Waals surface area contributed by atoms with Gasteiger partial charge < -0.3 is 32.5 Å². The first kappa shape index (κ1) is 36.3. The van der Waals surface area contributed by atoms with Crippen LogP contribution in [0, 0.1) is 17.8 Å². The van der Waals surface area contributed by atoms with Crippen LogP contribution >= 0.6 is 0 Å². The van der Waals surface area contributed by atoms with Gasteiger partial charge in [0.1, 0.15) is 18.1 Å². The fraction of sp³-hybridized carbons (Fsp3) is 0.800. The summed E-state index contributed by atoms with van der Waals surface area (Å²) in [4.78, 5) is 39.1. The molecule has 0 spiro atoms. The summed E-state index contributed by atoms with van der Waals surface area (Å²) in [7, 11) is 0. The third-order valence-corrected chi connectivity index (χ3v) is 3.13. The normalized spacial score (nSPS) is 12.8. The van der Waals surface area contributed by atoms with Gasteiger partial charge in [-0.25, -0.2) is 0 Å². The molecule has 0 aliphatic heterocycles. The molecule has 0 unspecified atom stereocenters. The molecule has 0 saturated carbocycles. The summed E-state index contributed by atoms with van der Waals surface area (Å²) in [5.74, 6) is -1.67. The first-order chi connectivity index (χ1) is 13.8. The number of nitrogens with two attached hydrogens (primary N) is 3. The standard InChI is InChI=1S/3C6H13NO2.C2H3FO/c3*1-4(2)3-5(7)6(8)9;1-2(3)4/h3*4-5H,3,7H2,1-2H3,(H,8,9);1H3/t3*5-;/m000./s1. The van der Waals surface area contributed by atoms with E-state index in [4.69, 9.17) is 37.3 Å². The second kappa shape index (κ2) is 21.1. The van der Waals surface area contributed by atoms with Gasteiger partial charge in [-0.15, -0.1) is 0 Å². The van der Waals surface area contributed by atoms with E-state index in [0.717, 1.165) is 6.92 Å². The number of carbonyl (C=O) groups excluding carboxylic acids is 1. The predicted molar refractivity (Wildman–Crippen MR) is 117 cm³/mol. The molecular formula is C20H42FN3O7. The monoisotopic (exact) mass is 455 g/mol. The molecule has 0 amide bonds. The van der Waals surface area contributed by atoms with Gasteiger partial charge in [0.05, 0.1) is 0 Å². The van der Waals surface area contributed by atoms with E-state index in [1.165, 1.54) is 0 Å². The summed E-state index contributed by atoms with van der Waals surface area (Å²) >= 11 is 0. The number of carbonyl (C=O) groups is 4. The Morgan fingerprint density at radius 2 is 0.742 bits per heavy atom. The SMILES string of the molecule is CC(=O)F.CC(C)C[C@H](N)C(=O)O.CC(C)C[C@H](N)C(=O)O.CC(C)C[C@H](N)C(=O)O. The van der Waals surface area contributed by atoms with Crippen LogP contribution in [-0.2, 0) is 19.2 Å². The van der Waals surface area contributed by atoms with Crippen LogP contribution < -0.4 is 17.2 Å². The molecule has 0 aliphatic rings. The third kappa shape index (κ3) is 39.0. The summed E-state index contributed by atoms with van der Waals surface area (Å²) < 4.78 is 10.4. The van der Waals surface area contributed by atoms with Crippen molar-refractivity contribution in [1.82, 2.24) is 0 Å². The van der Waals surface area contributed by atoms with E-state index in [1.807, 2.05) is 41.5 Å². The van der Waals surface area contributed by atoms with Gasteiger partial charge in [0.15, 0.2) is 0 Å². The van der Waals surface area contributed by atoms with Gasteiger partial charge in [0.2, 0.25) is 0 Å². The summed E-state index contributed by atoms with van der Waals surface area (Å²) in [6.45, 7) is 12.5. The zero-order chi connectivity index (χ0) is 25.9. The van der Waals surface area contributed by atoms with E-state index in [1.54, 1.807) is 0 Å². The molecule has 186 valence electrons. The Bertz CT molecular complexity index is 449. The van der Waals surface area contributed by atoms with Crippen molar-refractivity contribution in [3.8, 4) is 0 Å². The van der Waals surface area contributed by atoms with E-state index in [-0.39, 0.29) is 0 Å². The number of carboxylic acid groups (broad SMARTS) is 3. The highest BCUT2D eigenvalue weighted by atomic mass is 19.1. The molecule has 3 atom stereocenters. The molecule has 0 heterocycles. The highest BCUT2D eigenvalue weighted by Gasteiger charge is 2.13. The van der Waals surface area contributed by atoms with Gasteiger partial charge in [0, 0.05) is 6.92 Å². The number of halogens is 1. The Morgan fingerprint density at radius 3 is 0.774 bits per heavy atom. The molecule has 0 aromatic carbocycles. The fourth-order valence-corrected chi connectivity index (χ4v) is 1.83. The Kier molecular flexibility index (Phi) is 24.7. The Morgan fingerprint density at radius 1 is 0.613 bits per heavy atom. The first-order valence-corrected chi connectivity index (χ1v) is 9.96. The van der Waals surface area contributed by atoms with Gasteiger partial charge in [-0.1, -0.05) is 41.5 Å². The van der Waals surface area contributed by atoms with Crippen LogP contribution in [0.15, 0.2) is 0 Å². The smallest absolute Gasteiger partial charge is 0.320 e. The van der Waals surface area contributed by atoms with Crippen LogP contribution in [0.5, 0.6) is 0 Å². The van der Waals surface area contributed by atoms with Crippen molar-refractivity contribution >= 4 is 23.9 Å². The van der Waals surface area contributed by atoms with E-state index < -0.39 is 42.1 Å². The van der Waals surface area contributed by atoms with Crippen molar-refractivity contribution in [2.24, 2.45) is 35.0 Å². The Balaban J connectivity index is -0.000000162. The maximum absolute atomic E-state index is 10.4. The van der Waals surface area contributed by atoms with Crippen molar-refractivity contribution in [3.63, 3.8) is 0 Å². The highest BCUT2D eigenvalue weighted by molar-refractivity contribution is 5.73. The van der Waals surface area contributed by atoms with Crippen molar-refractivity contribution in [2.45, 2.75) is 85.9 Å². The number of carboxylic acids is 3. The molecule has 0 saturated heterocycles. The second-order valence-corrected chi connectivity index (χ2v) is 8.19. The lowest BCUT2D eigenvalue weighted by Gasteiger charge is -2.07.